The molecule has 0 amide bonds. The van der Waals surface area contributed by atoms with Crippen LogP contribution >= 0.6 is 11.3 Å². The number of aryl methyl sites for hydroxylation is 1. The lowest BCUT2D eigenvalue weighted by molar-refractivity contribution is 0.0513. The summed E-state index contributed by atoms with van der Waals surface area (Å²) in [6.45, 7) is 5.58. The Morgan fingerprint density at radius 1 is 1.33 bits per heavy atom. The first-order chi connectivity index (χ1) is 13.2. The fraction of sp³-hybridized carbons (Fsp3) is 0.429. The van der Waals surface area contributed by atoms with Crippen LogP contribution in [0.3, 0.4) is 0 Å². The van der Waals surface area contributed by atoms with E-state index in [0.29, 0.717) is 31.4 Å². The van der Waals surface area contributed by atoms with Crippen LogP contribution in [0.4, 0.5) is 0 Å². The molecule has 0 bridgehead atoms. The van der Waals surface area contributed by atoms with Crippen LogP contribution in [0.1, 0.15) is 53.4 Å². The van der Waals surface area contributed by atoms with Gasteiger partial charge in [-0.15, -0.1) is 11.3 Å². The first-order valence-corrected chi connectivity index (χ1v) is 10.5. The summed E-state index contributed by atoms with van der Waals surface area (Å²) in [5, 5.41) is 3.60. The van der Waals surface area contributed by atoms with Crippen LogP contribution in [0, 0.1) is 6.92 Å². The smallest absolute Gasteiger partial charge is 0.355 e. The molecule has 0 atom stereocenters. The average molecular weight is 384 g/mol. The number of hydrogen-bond acceptors (Lipinski definition) is 5. The second kappa shape index (κ2) is 7.82. The molecule has 1 N–H and O–H groups in total. The Morgan fingerprint density at radius 3 is 2.78 bits per heavy atom. The van der Waals surface area contributed by atoms with Crippen LogP contribution in [-0.2, 0) is 17.8 Å². The van der Waals surface area contributed by atoms with Crippen molar-refractivity contribution in [1.29, 1.82) is 0 Å². The quantitative estimate of drug-likeness (QED) is 0.619. The number of carbonyl (C=O) groups is 1. The molecule has 1 aliphatic rings. The Hall–Kier alpha value is -2.18. The number of ether oxygens (including phenoxy) is 1. The van der Waals surface area contributed by atoms with E-state index in [1.165, 1.54) is 24.8 Å². The van der Waals surface area contributed by atoms with Gasteiger partial charge < -0.3 is 14.6 Å². The molecule has 3 aromatic rings. The van der Waals surface area contributed by atoms with Gasteiger partial charge in [-0.25, -0.2) is 9.78 Å². The largest absolute Gasteiger partial charge is 0.461 e. The number of benzene rings is 1. The van der Waals surface area contributed by atoms with Gasteiger partial charge in [-0.05, 0) is 32.3 Å². The van der Waals surface area contributed by atoms with Gasteiger partial charge in [0, 0.05) is 24.7 Å². The molecule has 4 rings (SSSR count). The Kier molecular flexibility index (Phi) is 5.27. The maximum absolute atomic E-state index is 12.8. The number of rotatable bonds is 7. The van der Waals surface area contributed by atoms with E-state index in [1.54, 1.807) is 11.3 Å². The highest BCUT2D eigenvalue weighted by Gasteiger charge is 2.27. The summed E-state index contributed by atoms with van der Waals surface area (Å²) in [6, 6.07) is 8.97. The fourth-order valence-corrected chi connectivity index (χ4v) is 4.34. The van der Waals surface area contributed by atoms with Crippen LogP contribution in [0.15, 0.2) is 29.8 Å². The molecule has 2 heterocycles. The molecule has 0 unspecified atom stereocenters. The van der Waals surface area contributed by atoms with Crippen LogP contribution < -0.4 is 5.32 Å². The Morgan fingerprint density at radius 2 is 2.11 bits per heavy atom. The van der Waals surface area contributed by atoms with E-state index in [2.05, 4.69) is 41.5 Å². The third-order valence-corrected chi connectivity index (χ3v) is 6.11. The Bertz CT molecular complexity index is 938. The Labute approximate surface area is 163 Å². The molecule has 1 fully saturated rings. The number of nitrogens with one attached hydrogen (secondary N) is 1. The first kappa shape index (κ1) is 18.2. The number of esters is 1. The van der Waals surface area contributed by atoms with Crippen molar-refractivity contribution < 1.29 is 9.53 Å². The lowest BCUT2D eigenvalue weighted by Gasteiger charge is -2.26. The number of thiazole rings is 1. The van der Waals surface area contributed by atoms with Gasteiger partial charge in [-0.3, -0.25) is 0 Å². The monoisotopic (exact) mass is 383 g/mol. The summed E-state index contributed by atoms with van der Waals surface area (Å²) in [5.74, 6) is -0.264. The van der Waals surface area contributed by atoms with Crippen molar-refractivity contribution in [3.63, 3.8) is 0 Å². The van der Waals surface area contributed by atoms with E-state index < -0.39 is 0 Å². The number of fused-ring (bicyclic) bond motifs is 1. The van der Waals surface area contributed by atoms with Crippen LogP contribution in [0.5, 0.6) is 0 Å². The second-order valence-corrected chi connectivity index (χ2v) is 7.99. The molecule has 2 aromatic heterocycles. The van der Waals surface area contributed by atoms with Crippen LogP contribution in [0.25, 0.3) is 10.3 Å². The van der Waals surface area contributed by atoms with E-state index in [4.69, 9.17) is 4.74 Å². The van der Waals surface area contributed by atoms with Crippen molar-refractivity contribution >= 4 is 27.7 Å². The van der Waals surface area contributed by atoms with Gasteiger partial charge in [0.2, 0.25) is 0 Å². The van der Waals surface area contributed by atoms with Crippen molar-refractivity contribution in [2.45, 2.75) is 52.2 Å². The molecular weight excluding hydrogens is 358 g/mol. The second-order valence-electron chi connectivity index (χ2n) is 7.13. The van der Waals surface area contributed by atoms with Gasteiger partial charge in [-0.1, -0.05) is 36.2 Å². The summed E-state index contributed by atoms with van der Waals surface area (Å²) in [4.78, 5) is 17.4. The highest BCUT2D eigenvalue weighted by molar-refractivity contribution is 7.17. The van der Waals surface area contributed by atoms with Crippen LogP contribution in [-0.4, -0.2) is 28.2 Å². The zero-order valence-electron chi connectivity index (χ0n) is 15.8. The van der Waals surface area contributed by atoms with Gasteiger partial charge in [-0.2, -0.15) is 0 Å². The highest BCUT2D eigenvalue weighted by atomic mass is 32.1. The standard InChI is InChI=1S/C21H25N3O2S/c1-3-26-21(25)18-17(11-22-16-5-4-6-16)19-20(23-13-27-19)24(18)12-15-9-7-14(2)8-10-15/h7-10,13,16,22H,3-6,11-12H2,1-2H3. The summed E-state index contributed by atoms with van der Waals surface area (Å²) < 4.78 is 8.50. The molecule has 27 heavy (non-hydrogen) atoms. The molecule has 0 spiro atoms. The molecule has 5 nitrogen and oxygen atoms in total. The zero-order chi connectivity index (χ0) is 18.8. The van der Waals surface area contributed by atoms with Gasteiger partial charge in [0.1, 0.15) is 5.69 Å². The highest BCUT2D eigenvalue weighted by Crippen LogP contribution is 2.31. The summed E-state index contributed by atoms with van der Waals surface area (Å²) >= 11 is 1.60. The minimum Gasteiger partial charge on any atom is -0.461 e. The molecular formula is C21H25N3O2S. The van der Waals surface area contributed by atoms with Crippen LogP contribution in [0.2, 0.25) is 0 Å². The van der Waals surface area contributed by atoms with Gasteiger partial charge in [0.25, 0.3) is 0 Å². The average Bonchev–Trinajstić information content (AvgIpc) is 3.18. The van der Waals surface area contributed by atoms with Crippen molar-refractivity contribution in [1.82, 2.24) is 14.9 Å². The van der Waals surface area contributed by atoms with E-state index in [9.17, 15) is 4.79 Å². The molecule has 142 valence electrons. The van der Waals surface area contributed by atoms with Crippen molar-refractivity contribution in [2.24, 2.45) is 0 Å². The van der Waals surface area contributed by atoms with Gasteiger partial charge in [0.05, 0.1) is 16.8 Å². The summed E-state index contributed by atoms with van der Waals surface area (Å²) in [5.41, 5.74) is 6.76. The van der Waals surface area contributed by atoms with Crippen molar-refractivity contribution in [3.05, 3.63) is 52.2 Å². The fourth-order valence-electron chi connectivity index (χ4n) is 3.50. The third-order valence-electron chi connectivity index (χ3n) is 5.24. The van der Waals surface area contributed by atoms with E-state index in [1.807, 2.05) is 17.0 Å². The molecule has 1 aliphatic carbocycles. The lowest BCUT2D eigenvalue weighted by Crippen LogP contribution is -2.35. The minimum atomic E-state index is -0.264. The van der Waals surface area contributed by atoms with Crippen molar-refractivity contribution in [2.75, 3.05) is 6.61 Å². The molecule has 0 aliphatic heterocycles. The van der Waals surface area contributed by atoms with Gasteiger partial charge >= 0.3 is 5.97 Å². The van der Waals surface area contributed by atoms with E-state index >= 15 is 0 Å². The Balaban J connectivity index is 1.74. The predicted molar refractivity (Wildman–Crippen MR) is 108 cm³/mol. The number of nitrogens with zero attached hydrogens (tertiary/aromatic N) is 2. The molecule has 6 heteroatoms. The topological polar surface area (TPSA) is 56.1 Å². The molecule has 1 saturated carbocycles. The molecule has 0 radical (unpaired) electrons. The normalized spacial score (nSPS) is 14.4. The number of carbonyl (C=O) groups excluding carboxylic acids is 1. The number of hydrogen-bond donors (Lipinski definition) is 1. The maximum atomic E-state index is 12.8. The minimum absolute atomic E-state index is 0.264. The zero-order valence-corrected chi connectivity index (χ0v) is 16.6. The SMILES string of the molecule is CCOC(=O)c1c(CNC2CCC2)c2scnc2n1Cc1ccc(C)cc1. The maximum Gasteiger partial charge on any atom is 0.355 e. The summed E-state index contributed by atoms with van der Waals surface area (Å²) in [7, 11) is 0. The lowest BCUT2D eigenvalue weighted by atomic mass is 9.93. The van der Waals surface area contributed by atoms with E-state index in [-0.39, 0.29) is 5.97 Å². The third kappa shape index (κ3) is 3.64. The van der Waals surface area contributed by atoms with Crippen molar-refractivity contribution in [3.8, 4) is 0 Å². The number of aromatic nitrogens is 2. The molecule has 1 aromatic carbocycles. The molecule has 0 saturated heterocycles. The first-order valence-electron chi connectivity index (χ1n) is 9.58. The predicted octanol–water partition coefficient (Wildman–Crippen LogP) is 4.27. The summed E-state index contributed by atoms with van der Waals surface area (Å²) in [6.07, 6.45) is 3.71. The van der Waals surface area contributed by atoms with E-state index in [0.717, 1.165) is 21.5 Å². The van der Waals surface area contributed by atoms with Gasteiger partial charge in [0.15, 0.2) is 5.65 Å².